The Morgan fingerprint density at radius 1 is 1.26 bits per heavy atom. The van der Waals surface area contributed by atoms with Crippen LogP contribution in [0.2, 0.25) is 0 Å². The van der Waals surface area contributed by atoms with Gasteiger partial charge in [0.05, 0.1) is 10.9 Å². The van der Waals surface area contributed by atoms with Crippen LogP contribution in [0.4, 0.5) is 11.6 Å². The number of aromatic nitrogens is 5. The number of nitrogens with two attached hydrogens (primary N) is 1. The molecule has 2 amide bonds. The number of amides is 2. The summed E-state index contributed by atoms with van der Waals surface area (Å²) in [7, 11) is 0. The minimum atomic E-state index is -0.636. The summed E-state index contributed by atoms with van der Waals surface area (Å²) in [6, 6.07) is 6.32. The monoisotopic (exact) mass is 536 g/mol. The highest BCUT2D eigenvalue weighted by Gasteiger charge is 2.49. The van der Waals surface area contributed by atoms with Crippen molar-refractivity contribution in [2.45, 2.75) is 45.8 Å². The maximum Gasteiger partial charge on any atom is 0.248 e. The number of nitrogen functional groups attached to an aromatic ring is 1. The van der Waals surface area contributed by atoms with Crippen LogP contribution in [0.1, 0.15) is 27.2 Å². The molecule has 1 saturated heterocycles. The first-order chi connectivity index (χ1) is 16.7. The number of halogens is 1. The van der Waals surface area contributed by atoms with Crippen LogP contribution < -0.4 is 11.1 Å². The normalized spacial score (nSPS) is 19.4. The van der Waals surface area contributed by atoms with Gasteiger partial charge in [-0.2, -0.15) is 0 Å². The van der Waals surface area contributed by atoms with E-state index in [0.717, 1.165) is 10.9 Å². The molecule has 5 heterocycles. The Labute approximate surface area is 210 Å². The molecule has 5 rings (SSSR count). The highest BCUT2D eigenvalue weighted by atomic mass is 79.9. The lowest BCUT2D eigenvalue weighted by molar-refractivity contribution is -0.139. The van der Waals surface area contributed by atoms with Crippen molar-refractivity contribution in [3.63, 3.8) is 0 Å². The van der Waals surface area contributed by atoms with Crippen molar-refractivity contribution in [3.8, 4) is 0 Å². The summed E-state index contributed by atoms with van der Waals surface area (Å²) in [6.07, 6.45) is 5.27. The van der Waals surface area contributed by atoms with Crippen LogP contribution in [-0.4, -0.2) is 53.3 Å². The standard InChI is InChI=1S/C24H25BrN8O2/c1-13-24(2,3)9-16(23(35)31-18-6-4-5-17(25)30-18)33(13)19(34)11-32-15-7-8-27-10-14(15)20-21(26)28-12-29-22(20)32/h4-8,10,12-13,16H,9,11H2,1-3H3,(H2,26,28,29)(H,30,31,35)/t13-,16+/m1/s1. The second-order valence-electron chi connectivity index (χ2n) is 9.46. The fourth-order valence-electron chi connectivity index (χ4n) is 4.87. The molecule has 0 aliphatic carbocycles. The fourth-order valence-corrected chi connectivity index (χ4v) is 5.21. The van der Waals surface area contributed by atoms with Crippen LogP contribution in [0.15, 0.2) is 47.6 Å². The van der Waals surface area contributed by atoms with Gasteiger partial charge in [0.2, 0.25) is 11.8 Å². The number of nitrogens with one attached hydrogen (secondary N) is 1. The van der Waals surface area contributed by atoms with Gasteiger partial charge in [-0.1, -0.05) is 19.9 Å². The van der Waals surface area contributed by atoms with Crippen LogP contribution in [0.5, 0.6) is 0 Å². The van der Waals surface area contributed by atoms with Crippen LogP contribution in [0.25, 0.3) is 21.9 Å². The van der Waals surface area contributed by atoms with Gasteiger partial charge in [0.1, 0.15) is 40.8 Å². The van der Waals surface area contributed by atoms with Gasteiger partial charge in [-0.25, -0.2) is 15.0 Å². The quantitative estimate of drug-likeness (QED) is 0.382. The Balaban J connectivity index is 1.50. The number of carbonyl (C=O) groups excluding carboxylic acids is 2. The molecule has 2 atom stereocenters. The Hall–Kier alpha value is -3.60. The molecule has 4 aromatic heterocycles. The van der Waals surface area contributed by atoms with Gasteiger partial charge in [0.25, 0.3) is 0 Å². The highest BCUT2D eigenvalue weighted by molar-refractivity contribution is 9.10. The number of anilines is 2. The first-order valence-corrected chi connectivity index (χ1v) is 12.0. The van der Waals surface area contributed by atoms with E-state index in [1.165, 1.54) is 6.33 Å². The van der Waals surface area contributed by atoms with Crippen LogP contribution in [-0.2, 0) is 16.1 Å². The third kappa shape index (κ3) is 3.99. The molecule has 0 aromatic carbocycles. The summed E-state index contributed by atoms with van der Waals surface area (Å²) in [5, 5.41) is 4.30. The fraction of sp³-hybridized carbons (Fsp3) is 0.333. The van der Waals surface area contributed by atoms with Crippen molar-refractivity contribution < 1.29 is 9.59 Å². The lowest BCUT2D eigenvalue weighted by Crippen LogP contribution is -2.48. The average Bonchev–Trinajstić information content (AvgIpc) is 3.26. The van der Waals surface area contributed by atoms with E-state index in [0.29, 0.717) is 33.7 Å². The van der Waals surface area contributed by atoms with Crippen LogP contribution in [0.3, 0.4) is 0 Å². The van der Waals surface area contributed by atoms with Crippen molar-refractivity contribution in [2.24, 2.45) is 5.41 Å². The molecule has 1 aliphatic rings. The van der Waals surface area contributed by atoms with Crippen molar-refractivity contribution in [1.29, 1.82) is 0 Å². The summed E-state index contributed by atoms with van der Waals surface area (Å²) < 4.78 is 2.43. The molecule has 0 bridgehead atoms. The number of rotatable bonds is 4. The molecule has 3 N–H and O–H groups in total. The number of fused-ring (bicyclic) bond motifs is 3. The molecule has 35 heavy (non-hydrogen) atoms. The topological polar surface area (TPSA) is 132 Å². The Kier molecular flexibility index (Phi) is 5.66. The van der Waals surface area contributed by atoms with Gasteiger partial charge >= 0.3 is 0 Å². The number of carbonyl (C=O) groups is 2. The van der Waals surface area contributed by atoms with E-state index in [-0.39, 0.29) is 29.8 Å². The maximum absolute atomic E-state index is 13.8. The van der Waals surface area contributed by atoms with Gasteiger partial charge in [-0.05, 0) is 52.9 Å². The van der Waals surface area contributed by atoms with E-state index in [4.69, 9.17) is 5.73 Å². The van der Waals surface area contributed by atoms with E-state index >= 15 is 0 Å². The average molecular weight is 537 g/mol. The Morgan fingerprint density at radius 2 is 2.06 bits per heavy atom. The number of hydrogen-bond donors (Lipinski definition) is 2. The molecule has 10 nitrogen and oxygen atoms in total. The Bertz CT molecular complexity index is 1470. The lowest BCUT2D eigenvalue weighted by atomic mass is 9.84. The molecule has 11 heteroatoms. The lowest BCUT2D eigenvalue weighted by Gasteiger charge is -2.31. The SMILES string of the molecule is C[C@H]1N(C(=O)Cn2c3ccncc3c3c(N)ncnc32)[C@H](C(=O)Nc2cccc(Br)n2)CC1(C)C. The highest BCUT2D eigenvalue weighted by Crippen LogP contribution is 2.41. The summed E-state index contributed by atoms with van der Waals surface area (Å²) >= 11 is 3.32. The molecule has 0 spiro atoms. The molecule has 180 valence electrons. The van der Waals surface area contributed by atoms with Crippen molar-refractivity contribution in [3.05, 3.63) is 47.6 Å². The third-order valence-corrected chi connectivity index (χ3v) is 7.37. The van der Waals surface area contributed by atoms with Crippen LogP contribution >= 0.6 is 15.9 Å². The second kappa shape index (κ2) is 8.56. The van der Waals surface area contributed by atoms with E-state index in [1.807, 2.05) is 17.6 Å². The van der Waals surface area contributed by atoms with Gasteiger partial charge < -0.3 is 20.5 Å². The molecular formula is C24H25BrN8O2. The maximum atomic E-state index is 13.8. The van der Waals surface area contributed by atoms with Gasteiger partial charge in [-0.15, -0.1) is 0 Å². The molecular weight excluding hydrogens is 512 g/mol. The zero-order valence-electron chi connectivity index (χ0n) is 19.6. The van der Waals surface area contributed by atoms with E-state index in [1.54, 1.807) is 35.5 Å². The smallest absolute Gasteiger partial charge is 0.248 e. The van der Waals surface area contributed by atoms with Gasteiger partial charge in [0.15, 0.2) is 0 Å². The van der Waals surface area contributed by atoms with E-state index < -0.39 is 6.04 Å². The summed E-state index contributed by atoms with van der Waals surface area (Å²) in [5.74, 6) is 0.308. The number of hydrogen-bond acceptors (Lipinski definition) is 7. The summed E-state index contributed by atoms with van der Waals surface area (Å²) in [5.41, 5.74) is 7.23. The third-order valence-electron chi connectivity index (χ3n) is 6.92. The summed E-state index contributed by atoms with van der Waals surface area (Å²) in [6.45, 7) is 6.13. The number of pyridine rings is 2. The van der Waals surface area contributed by atoms with Crippen molar-refractivity contribution in [1.82, 2.24) is 29.4 Å². The van der Waals surface area contributed by atoms with Gasteiger partial charge in [0, 0.05) is 23.8 Å². The molecule has 4 aromatic rings. The largest absolute Gasteiger partial charge is 0.383 e. The Morgan fingerprint density at radius 3 is 2.83 bits per heavy atom. The molecule has 0 saturated carbocycles. The molecule has 1 aliphatic heterocycles. The van der Waals surface area contributed by atoms with Gasteiger partial charge in [-0.3, -0.25) is 14.6 Å². The molecule has 0 unspecified atom stereocenters. The minimum Gasteiger partial charge on any atom is -0.383 e. The van der Waals surface area contributed by atoms with E-state index in [2.05, 4.69) is 55.0 Å². The predicted octanol–water partition coefficient (Wildman–Crippen LogP) is 3.37. The number of nitrogens with zero attached hydrogens (tertiary/aromatic N) is 6. The van der Waals surface area contributed by atoms with Crippen molar-refractivity contribution >= 4 is 61.3 Å². The predicted molar refractivity (Wildman–Crippen MR) is 136 cm³/mol. The molecule has 0 radical (unpaired) electrons. The van der Waals surface area contributed by atoms with E-state index in [9.17, 15) is 9.59 Å². The first-order valence-electron chi connectivity index (χ1n) is 11.2. The molecule has 1 fully saturated rings. The minimum absolute atomic E-state index is 0.000197. The zero-order chi connectivity index (χ0) is 24.9. The summed E-state index contributed by atoms with van der Waals surface area (Å²) in [4.78, 5) is 45.9. The van der Waals surface area contributed by atoms with Crippen LogP contribution in [0, 0.1) is 5.41 Å². The second-order valence-corrected chi connectivity index (χ2v) is 10.3. The first kappa shape index (κ1) is 23.2. The van der Waals surface area contributed by atoms with Crippen molar-refractivity contribution in [2.75, 3.05) is 11.1 Å². The zero-order valence-corrected chi connectivity index (χ0v) is 21.2. The number of likely N-dealkylation sites (tertiary alicyclic amines) is 1.